The molecule has 0 saturated carbocycles. The molecule has 3 rings (SSSR count). The second kappa shape index (κ2) is 6.89. The van der Waals surface area contributed by atoms with Crippen LogP contribution in [0.25, 0.3) is 0 Å². The first kappa shape index (κ1) is 20.3. The number of carbonyl (C=O) groups is 1. The summed E-state index contributed by atoms with van der Waals surface area (Å²) in [4.78, 5) is 12.4. The Balaban J connectivity index is 1.86. The highest BCUT2D eigenvalue weighted by Gasteiger charge is 2.49. The number of hydrogen-bond donors (Lipinski definition) is 1. The normalized spacial score (nSPS) is 18.2. The van der Waals surface area contributed by atoms with Gasteiger partial charge in [0.2, 0.25) is 15.9 Å². The van der Waals surface area contributed by atoms with Gasteiger partial charge in [0, 0.05) is 5.69 Å². The molecule has 2 aromatic rings. The van der Waals surface area contributed by atoms with Crippen molar-refractivity contribution in [1.82, 2.24) is 0 Å². The minimum Gasteiger partial charge on any atom is -0.280 e. The van der Waals surface area contributed by atoms with Crippen molar-refractivity contribution < 1.29 is 21.6 Å². The lowest BCUT2D eigenvalue weighted by Gasteiger charge is -2.17. The molecule has 1 aliphatic heterocycles. The molecule has 1 N–H and O–H groups in total. The van der Waals surface area contributed by atoms with Crippen molar-refractivity contribution in [2.75, 3.05) is 14.8 Å². The summed E-state index contributed by atoms with van der Waals surface area (Å²) in [6.07, 6.45) is 0.851. The number of rotatable bonds is 5. The summed E-state index contributed by atoms with van der Waals surface area (Å²) in [5, 5.41) is 0. The maximum absolute atomic E-state index is 12.6. The number of carbonyl (C=O) groups excluding carboxylic acids is 1. The standard InChI is InChI=1S/C19H22N2O5S2/c1-4-14-5-7-15(8-6-14)20-28(25,26)17-11-9-16(10-12-17)21-18(22)19(2,3)13-27(21,23)24/h5-12,20H,4,13H2,1-3H3. The number of benzene rings is 2. The molecule has 1 amide bonds. The van der Waals surface area contributed by atoms with E-state index in [1.54, 1.807) is 26.0 Å². The number of aryl methyl sites for hydroxylation is 1. The molecule has 1 aliphatic rings. The van der Waals surface area contributed by atoms with E-state index in [-0.39, 0.29) is 16.3 Å². The van der Waals surface area contributed by atoms with Gasteiger partial charge in [0.25, 0.3) is 10.0 Å². The van der Waals surface area contributed by atoms with Crippen LogP contribution < -0.4 is 9.03 Å². The SMILES string of the molecule is CCc1ccc(NS(=O)(=O)c2ccc(N3C(=O)C(C)(C)CS3(=O)=O)cc2)cc1. The van der Waals surface area contributed by atoms with Crippen LogP contribution in [0, 0.1) is 5.41 Å². The molecular weight excluding hydrogens is 400 g/mol. The molecule has 2 aromatic carbocycles. The Morgan fingerprint density at radius 3 is 2.07 bits per heavy atom. The van der Waals surface area contributed by atoms with Crippen LogP contribution in [0.2, 0.25) is 0 Å². The number of anilines is 2. The number of nitrogens with zero attached hydrogens (tertiary/aromatic N) is 1. The topological polar surface area (TPSA) is 101 Å². The van der Waals surface area contributed by atoms with Crippen LogP contribution >= 0.6 is 0 Å². The lowest BCUT2D eigenvalue weighted by atomic mass is 9.95. The molecule has 0 aliphatic carbocycles. The van der Waals surface area contributed by atoms with E-state index in [2.05, 4.69) is 4.72 Å². The summed E-state index contributed by atoms with van der Waals surface area (Å²) < 4.78 is 53.1. The van der Waals surface area contributed by atoms with Gasteiger partial charge in [0.15, 0.2) is 0 Å². The van der Waals surface area contributed by atoms with E-state index in [1.807, 2.05) is 19.1 Å². The lowest BCUT2D eigenvalue weighted by molar-refractivity contribution is -0.123. The Hall–Kier alpha value is -2.39. The zero-order valence-corrected chi connectivity index (χ0v) is 17.5. The van der Waals surface area contributed by atoms with Gasteiger partial charge in [-0.05, 0) is 62.2 Å². The molecule has 0 unspecified atom stereocenters. The Labute approximate surface area is 165 Å². The van der Waals surface area contributed by atoms with Crippen LogP contribution in [-0.2, 0) is 31.3 Å². The number of hydrogen-bond acceptors (Lipinski definition) is 5. The second-order valence-electron chi connectivity index (χ2n) is 7.36. The molecule has 0 aromatic heterocycles. The van der Waals surface area contributed by atoms with Crippen LogP contribution in [0.3, 0.4) is 0 Å². The fourth-order valence-electron chi connectivity index (χ4n) is 3.04. The Bertz CT molecular complexity index is 1100. The van der Waals surface area contributed by atoms with E-state index < -0.39 is 31.4 Å². The zero-order chi connectivity index (χ0) is 20.7. The monoisotopic (exact) mass is 422 g/mol. The van der Waals surface area contributed by atoms with Gasteiger partial charge in [-0.3, -0.25) is 9.52 Å². The Morgan fingerprint density at radius 1 is 1.04 bits per heavy atom. The first-order valence-electron chi connectivity index (χ1n) is 8.75. The number of sulfonamides is 2. The van der Waals surface area contributed by atoms with E-state index >= 15 is 0 Å². The summed E-state index contributed by atoms with van der Waals surface area (Å²) in [7, 11) is -7.62. The van der Waals surface area contributed by atoms with Gasteiger partial charge in [-0.25, -0.2) is 21.1 Å². The van der Waals surface area contributed by atoms with Crippen molar-refractivity contribution in [2.45, 2.75) is 32.1 Å². The van der Waals surface area contributed by atoms with Crippen molar-refractivity contribution in [1.29, 1.82) is 0 Å². The van der Waals surface area contributed by atoms with E-state index in [0.29, 0.717) is 5.69 Å². The van der Waals surface area contributed by atoms with Gasteiger partial charge in [0.1, 0.15) is 0 Å². The van der Waals surface area contributed by atoms with E-state index in [4.69, 9.17) is 0 Å². The first-order chi connectivity index (χ1) is 13.0. The van der Waals surface area contributed by atoms with Gasteiger partial charge in [-0.1, -0.05) is 19.1 Å². The highest BCUT2D eigenvalue weighted by Crippen LogP contribution is 2.36. The predicted molar refractivity (Wildman–Crippen MR) is 108 cm³/mol. The average Bonchev–Trinajstić information content (AvgIpc) is 2.78. The fraction of sp³-hybridized carbons (Fsp3) is 0.316. The molecular formula is C19H22N2O5S2. The molecule has 0 spiro atoms. The van der Waals surface area contributed by atoms with Gasteiger partial charge in [-0.15, -0.1) is 0 Å². The van der Waals surface area contributed by atoms with Gasteiger partial charge in [0.05, 0.1) is 21.8 Å². The molecule has 150 valence electrons. The summed E-state index contributed by atoms with van der Waals surface area (Å²) in [5.41, 5.74) is 0.629. The largest absolute Gasteiger partial charge is 0.280 e. The van der Waals surface area contributed by atoms with Crippen LogP contribution in [0.5, 0.6) is 0 Å². The van der Waals surface area contributed by atoms with Crippen molar-refractivity contribution in [3.63, 3.8) is 0 Å². The third-order valence-electron chi connectivity index (χ3n) is 4.58. The average molecular weight is 423 g/mol. The van der Waals surface area contributed by atoms with Crippen molar-refractivity contribution in [2.24, 2.45) is 5.41 Å². The summed E-state index contributed by atoms with van der Waals surface area (Å²) >= 11 is 0. The van der Waals surface area contributed by atoms with Gasteiger partial charge < -0.3 is 0 Å². The zero-order valence-electron chi connectivity index (χ0n) is 15.8. The molecule has 1 fully saturated rings. The third-order valence-corrected chi connectivity index (χ3v) is 8.00. The predicted octanol–water partition coefficient (Wildman–Crippen LogP) is 2.75. The van der Waals surface area contributed by atoms with Crippen LogP contribution in [-0.4, -0.2) is 28.5 Å². The summed E-state index contributed by atoms with van der Waals surface area (Å²) in [6.45, 7) is 5.14. The van der Waals surface area contributed by atoms with Crippen molar-refractivity contribution in [3.8, 4) is 0 Å². The molecule has 1 heterocycles. The Kier molecular flexibility index (Phi) is 5.01. The minimum absolute atomic E-state index is 0.0286. The van der Waals surface area contributed by atoms with Gasteiger partial charge in [-0.2, -0.15) is 0 Å². The van der Waals surface area contributed by atoms with Crippen molar-refractivity contribution >= 4 is 37.3 Å². The minimum atomic E-state index is -3.84. The van der Waals surface area contributed by atoms with E-state index in [1.165, 1.54) is 24.3 Å². The maximum atomic E-state index is 12.6. The quantitative estimate of drug-likeness (QED) is 0.798. The molecule has 1 saturated heterocycles. The van der Waals surface area contributed by atoms with Crippen LogP contribution in [0.1, 0.15) is 26.3 Å². The Morgan fingerprint density at radius 2 is 1.61 bits per heavy atom. The number of amides is 1. The highest BCUT2D eigenvalue weighted by atomic mass is 32.2. The first-order valence-corrected chi connectivity index (χ1v) is 11.8. The lowest BCUT2D eigenvalue weighted by Crippen LogP contribution is -2.32. The fourth-order valence-corrected chi connectivity index (χ4v) is 6.21. The molecule has 0 radical (unpaired) electrons. The molecule has 7 nitrogen and oxygen atoms in total. The molecule has 0 atom stereocenters. The number of nitrogens with one attached hydrogen (secondary N) is 1. The van der Waals surface area contributed by atoms with Gasteiger partial charge >= 0.3 is 0 Å². The van der Waals surface area contributed by atoms with Crippen LogP contribution in [0.4, 0.5) is 11.4 Å². The summed E-state index contributed by atoms with van der Waals surface area (Å²) in [5.74, 6) is -0.814. The third kappa shape index (κ3) is 3.77. The molecule has 0 bridgehead atoms. The smallest absolute Gasteiger partial charge is 0.261 e. The highest BCUT2D eigenvalue weighted by molar-refractivity contribution is 7.94. The van der Waals surface area contributed by atoms with E-state index in [0.717, 1.165) is 16.3 Å². The van der Waals surface area contributed by atoms with Crippen molar-refractivity contribution in [3.05, 3.63) is 54.1 Å². The summed E-state index contributed by atoms with van der Waals surface area (Å²) in [6, 6.07) is 12.3. The second-order valence-corrected chi connectivity index (χ2v) is 10.9. The maximum Gasteiger partial charge on any atom is 0.261 e. The molecule has 28 heavy (non-hydrogen) atoms. The molecule has 9 heteroatoms. The van der Waals surface area contributed by atoms with Crippen LogP contribution in [0.15, 0.2) is 53.4 Å². The van der Waals surface area contributed by atoms with E-state index in [9.17, 15) is 21.6 Å².